The van der Waals surface area contributed by atoms with Gasteiger partial charge in [-0.1, -0.05) is 30.1 Å². The summed E-state index contributed by atoms with van der Waals surface area (Å²) in [7, 11) is 1.60. The summed E-state index contributed by atoms with van der Waals surface area (Å²) in [5.74, 6) is 0.196. The van der Waals surface area contributed by atoms with Gasteiger partial charge in [-0.15, -0.1) is 0 Å². The Kier molecular flexibility index (Phi) is 6.45. The number of hydrogen-bond donors (Lipinski definition) is 0. The predicted molar refractivity (Wildman–Crippen MR) is 109 cm³/mol. The molecule has 6 nitrogen and oxygen atoms in total. The van der Waals surface area contributed by atoms with Gasteiger partial charge in [0.1, 0.15) is 11.3 Å². The summed E-state index contributed by atoms with van der Waals surface area (Å²) in [6, 6.07) is 14.5. The number of carbonyl (C=O) groups excluding carboxylic acids is 1. The van der Waals surface area contributed by atoms with E-state index in [1.165, 1.54) is 12.4 Å². The van der Waals surface area contributed by atoms with Crippen LogP contribution in [0.2, 0.25) is 5.02 Å². The summed E-state index contributed by atoms with van der Waals surface area (Å²) >= 11 is 5.95. The van der Waals surface area contributed by atoms with Gasteiger partial charge >= 0.3 is 5.97 Å². The minimum atomic E-state index is -0.548. The molecule has 0 saturated carbocycles. The number of methoxy groups -OCH3 is 1. The molecule has 2 aromatic carbocycles. The van der Waals surface area contributed by atoms with Crippen LogP contribution in [-0.4, -0.2) is 29.1 Å². The third-order valence-corrected chi connectivity index (χ3v) is 4.35. The molecule has 0 N–H and O–H groups in total. The van der Waals surface area contributed by atoms with E-state index in [1.807, 2.05) is 31.2 Å². The molecular weight excluding hydrogens is 378 g/mol. The molecule has 3 aromatic rings. The van der Waals surface area contributed by atoms with E-state index in [1.54, 1.807) is 36.1 Å². The zero-order valence-corrected chi connectivity index (χ0v) is 16.4. The van der Waals surface area contributed by atoms with Crippen molar-refractivity contribution in [2.45, 2.75) is 19.8 Å². The Morgan fingerprint density at radius 1 is 1.18 bits per heavy atom. The average molecular weight is 398 g/mol. The first kappa shape index (κ1) is 19.6. The Balaban J connectivity index is 1.77. The molecule has 144 valence electrons. The highest BCUT2D eigenvalue weighted by atomic mass is 35.5. The summed E-state index contributed by atoms with van der Waals surface area (Å²) in [4.78, 5) is 17.6. The fourth-order valence-electron chi connectivity index (χ4n) is 2.70. The molecule has 7 heteroatoms. The van der Waals surface area contributed by atoms with Gasteiger partial charge in [0.15, 0.2) is 0 Å². The number of aromatic nitrogens is 2. The highest BCUT2D eigenvalue weighted by Crippen LogP contribution is 2.20. The van der Waals surface area contributed by atoms with Crippen LogP contribution >= 0.6 is 11.6 Å². The Labute approximate surface area is 168 Å². The smallest absolute Gasteiger partial charge is 0.369 e. The van der Waals surface area contributed by atoms with Crippen molar-refractivity contribution in [1.82, 2.24) is 9.78 Å². The second-order valence-corrected chi connectivity index (χ2v) is 6.47. The van der Waals surface area contributed by atoms with Gasteiger partial charge < -0.3 is 9.57 Å². The van der Waals surface area contributed by atoms with Crippen LogP contribution in [0.4, 0.5) is 0 Å². The van der Waals surface area contributed by atoms with Crippen molar-refractivity contribution in [2.24, 2.45) is 5.16 Å². The molecular formula is C21H20ClN3O3. The van der Waals surface area contributed by atoms with Gasteiger partial charge in [0, 0.05) is 5.02 Å². The van der Waals surface area contributed by atoms with E-state index in [2.05, 4.69) is 10.3 Å². The Bertz CT molecular complexity index is 964. The average Bonchev–Trinajstić information content (AvgIpc) is 3.13. The van der Waals surface area contributed by atoms with Gasteiger partial charge in [-0.3, -0.25) is 0 Å². The number of ether oxygens (including phenoxy) is 1. The lowest BCUT2D eigenvalue weighted by molar-refractivity contribution is 0.0518. The molecule has 0 aliphatic carbocycles. The number of nitrogens with zero attached hydrogens (tertiary/aromatic N) is 3. The number of oxime groups is 1. The van der Waals surface area contributed by atoms with Gasteiger partial charge in [0.25, 0.3) is 0 Å². The van der Waals surface area contributed by atoms with Crippen LogP contribution in [0.1, 0.15) is 35.0 Å². The molecule has 0 fully saturated rings. The molecule has 0 aliphatic rings. The largest absolute Gasteiger partial charge is 0.497 e. The lowest BCUT2D eigenvalue weighted by Crippen LogP contribution is -2.08. The molecule has 3 rings (SSSR count). The lowest BCUT2D eigenvalue weighted by Gasteiger charge is -2.08. The quantitative estimate of drug-likeness (QED) is 0.330. The Morgan fingerprint density at radius 3 is 2.54 bits per heavy atom. The van der Waals surface area contributed by atoms with Crippen molar-refractivity contribution in [1.29, 1.82) is 0 Å². The lowest BCUT2D eigenvalue weighted by atomic mass is 10.1. The van der Waals surface area contributed by atoms with E-state index in [0.29, 0.717) is 17.0 Å². The third-order valence-electron chi connectivity index (χ3n) is 4.10. The SMILES string of the molecule is CCCc1c(C(=O)ON=Cc2ccc(OC)cc2)cnn1-c1ccc(Cl)cc1. The van der Waals surface area contributed by atoms with Crippen molar-refractivity contribution in [3.8, 4) is 11.4 Å². The summed E-state index contributed by atoms with van der Waals surface area (Å²) in [5.41, 5.74) is 2.78. The molecule has 0 aliphatic heterocycles. The van der Waals surface area contributed by atoms with Crippen molar-refractivity contribution < 1.29 is 14.4 Å². The summed E-state index contributed by atoms with van der Waals surface area (Å²) in [6.07, 6.45) is 4.51. The zero-order valence-electron chi connectivity index (χ0n) is 15.6. The molecule has 0 unspecified atom stereocenters. The van der Waals surface area contributed by atoms with Crippen LogP contribution in [0.15, 0.2) is 59.9 Å². The van der Waals surface area contributed by atoms with E-state index in [0.717, 1.165) is 29.1 Å². The number of rotatable bonds is 7. The maximum Gasteiger partial charge on any atom is 0.369 e. The molecule has 0 bridgehead atoms. The molecule has 1 aromatic heterocycles. The minimum Gasteiger partial charge on any atom is -0.497 e. The zero-order chi connectivity index (χ0) is 19.9. The Hall–Kier alpha value is -3.12. The molecule has 0 radical (unpaired) electrons. The third kappa shape index (κ3) is 4.58. The fourth-order valence-corrected chi connectivity index (χ4v) is 2.83. The predicted octanol–water partition coefficient (Wildman–Crippen LogP) is 4.68. The van der Waals surface area contributed by atoms with Crippen molar-refractivity contribution >= 4 is 23.8 Å². The van der Waals surface area contributed by atoms with Crippen molar-refractivity contribution in [2.75, 3.05) is 7.11 Å². The minimum absolute atomic E-state index is 0.392. The van der Waals surface area contributed by atoms with Crippen LogP contribution in [0.3, 0.4) is 0 Å². The van der Waals surface area contributed by atoms with Crippen LogP contribution in [-0.2, 0) is 11.3 Å². The maximum atomic E-state index is 12.5. The Morgan fingerprint density at radius 2 is 1.89 bits per heavy atom. The summed E-state index contributed by atoms with van der Waals surface area (Å²) in [6.45, 7) is 2.04. The summed E-state index contributed by atoms with van der Waals surface area (Å²) < 4.78 is 6.83. The highest BCUT2D eigenvalue weighted by Gasteiger charge is 2.19. The van der Waals surface area contributed by atoms with Crippen LogP contribution in [0.5, 0.6) is 5.75 Å². The monoisotopic (exact) mass is 397 g/mol. The second kappa shape index (κ2) is 9.19. The van der Waals surface area contributed by atoms with Gasteiger partial charge in [0.05, 0.1) is 30.9 Å². The first-order valence-corrected chi connectivity index (χ1v) is 9.21. The van der Waals surface area contributed by atoms with E-state index in [4.69, 9.17) is 21.2 Å². The first-order chi connectivity index (χ1) is 13.6. The van der Waals surface area contributed by atoms with E-state index >= 15 is 0 Å². The number of halogens is 1. The van der Waals surface area contributed by atoms with Gasteiger partial charge in [0.2, 0.25) is 0 Å². The number of hydrogen-bond acceptors (Lipinski definition) is 5. The molecule has 0 spiro atoms. The van der Waals surface area contributed by atoms with Crippen molar-refractivity contribution in [3.63, 3.8) is 0 Å². The first-order valence-electron chi connectivity index (χ1n) is 8.84. The van der Waals surface area contributed by atoms with Gasteiger partial charge in [-0.05, 0) is 60.5 Å². The maximum absolute atomic E-state index is 12.5. The standard InChI is InChI=1S/C21H20ClN3O3/c1-3-4-20-19(14-23-25(20)17-9-7-16(22)8-10-17)21(26)28-24-13-15-5-11-18(27-2)12-6-15/h5-14H,3-4H2,1-2H3. The van der Waals surface area contributed by atoms with Crippen molar-refractivity contribution in [3.05, 3.63) is 76.6 Å². The molecule has 0 saturated heterocycles. The summed E-state index contributed by atoms with van der Waals surface area (Å²) in [5, 5.41) is 8.79. The van der Waals surface area contributed by atoms with E-state index < -0.39 is 5.97 Å². The van der Waals surface area contributed by atoms with Crippen LogP contribution in [0, 0.1) is 0 Å². The normalized spacial score (nSPS) is 11.0. The number of carbonyl (C=O) groups is 1. The molecule has 0 atom stereocenters. The molecule has 28 heavy (non-hydrogen) atoms. The van der Waals surface area contributed by atoms with Gasteiger partial charge in [-0.2, -0.15) is 5.10 Å². The topological polar surface area (TPSA) is 65.7 Å². The second-order valence-electron chi connectivity index (χ2n) is 6.03. The highest BCUT2D eigenvalue weighted by molar-refractivity contribution is 6.30. The molecule has 0 amide bonds. The van der Waals surface area contributed by atoms with E-state index in [9.17, 15) is 4.79 Å². The van der Waals surface area contributed by atoms with Crippen LogP contribution in [0.25, 0.3) is 5.69 Å². The number of benzene rings is 2. The molecule has 1 heterocycles. The fraction of sp³-hybridized carbons (Fsp3) is 0.190. The van der Waals surface area contributed by atoms with Gasteiger partial charge in [-0.25, -0.2) is 9.48 Å². The van der Waals surface area contributed by atoms with E-state index in [-0.39, 0.29) is 0 Å². The van der Waals surface area contributed by atoms with Crippen LogP contribution < -0.4 is 4.74 Å².